The van der Waals surface area contributed by atoms with Crippen molar-refractivity contribution in [3.8, 4) is 5.75 Å². The highest BCUT2D eigenvalue weighted by atomic mass is 16.5. The van der Waals surface area contributed by atoms with E-state index in [2.05, 4.69) is 5.32 Å². The molecule has 3 amide bonds. The number of ether oxygens (including phenoxy) is 1. The van der Waals surface area contributed by atoms with Crippen LogP contribution in [-0.4, -0.2) is 62.1 Å². The third kappa shape index (κ3) is 3.69. The van der Waals surface area contributed by atoms with Crippen molar-refractivity contribution in [2.45, 2.75) is 18.9 Å². The van der Waals surface area contributed by atoms with E-state index < -0.39 is 0 Å². The van der Waals surface area contributed by atoms with E-state index in [-0.39, 0.29) is 18.0 Å². The summed E-state index contributed by atoms with van der Waals surface area (Å²) in [6.45, 7) is 1.27. The fraction of sp³-hybridized carbons (Fsp3) is 0.500. The van der Waals surface area contributed by atoms with Gasteiger partial charge in [-0.1, -0.05) is 12.1 Å². The van der Waals surface area contributed by atoms with Crippen LogP contribution in [0.4, 0.5) is 4.79 Å². The number of piperidine rings is 1. The van der Waals surface area contributed by atoms with Crippen molar-refractivity contribution in [1.29, 1.82) is 0 Å². The van der Waals surface area contributed by atoms with Crippen LogP contribution in [0.3, 0.4) is 0 Å². The molecular formula is C16H23N3O3. The minimum atomic E-state index is -0.0884. The molecule has 2 rings (SSSR count). The van der Waals surface area contributed by atoms with Crippen LogP contribution in [0, 0.1) is 0 Å². The number of amides is 3. The fourth-order valence-corrected chi connectivity index (χ4v) is 2.52. The Hall–Kier alpha value is -2.24. The largest absolute Gasteiger partial charge is 0.496 e. The number of hydrogen-bond donors (Lipinski definition) is 1. The number of para-hydroxylation sites is 1. The molecule has 6 heteroatoms. The van der Waals surface area contributed by atoms with Gasteiger partial charge in [0.05, 0.1) is 12.7 Å². The van der Waals surface area contributed by atoms with Gasteiger partial charge in [-0.15, -0.1) is 0 Å². The summed E-state index contributed by atoms with van der Waals surface area (Å²) in [5, 5.41) is 2.96. The lowest BCUT2D eigenvalue weighted by molar-refractivity contribution is 0.0704. The van der Waals surface area contributed by atoms with Gasteiger partial charge in [0.2, 0.25) is 0 Å². The van der Waals surface area contributed by atoms with E-state index in [1.165, 1.54) is 4.90 Å². The van der Waals surface area contributed by atoms with Gasteiger partial charge in [-0.2, -0.15) is 0 Å². The Morgan fingerprint density at radius 1 is 1.23 bits per heavy atom. The lowest BCUT2D eigenvalue weighted by atomic mass is 10.0. The standard InChI is InChI=1S/C16H23N3O3/c1-18(2)16(21)17-12-8-10-19(11-9-12)15(20)13-6-4-5-7-14(13)22-3/h4-7,12H,8-11H2,1-3H3,(H,17,21). The lowest BCUT2D eigenvalue weighted by Crippen LogP contribution is -2.48. The third-order valence-electron chi connectivity index (χ3n) is 3.85. The number of nitrogens with one attached hydrogen (secondary N) is 1. The number of methoxy groups -OCH3 is 1. The molecule has 1 aliphatic rings. The van der Waals surface area contributed by atoms with Crippen LogP contribution in [-0.2, 0) is 0 Å². The van der Waals surface area contributed by atoms with Crippen molar-refractivity contribution < 1.29 is 14.3 Å². The van der Waals surface area contributed by atoms with E-state index in [0.717, 1.165) is 12.8 Å². The van der Waals surface area contributed by atoms with Crippen LogP contribution in [0.2, 0.25) is 0 Å². The predicted molar refractivity (Wildman–Crippen MR) is 84.1 cm³/mol. The molecule has 1 heterocycles. The van der Waals surface area contributed by atoms with Gasteiger partial charge in [0.25, 0.3) is 5.91 Å². The topological polar surface area (TPSA) is 61.9 Å². The molecule has 1 aromatic rings. The third-order valence-corrected chi connectivity index (χ3v) is 3.85. The van der Waals surface area contributed by atoms with Gasteiger partial charge in [-0.3, -0.25) is 4.79 Å². The first-order valence-corrected chi connectivity index (χ1v) is 7.43. The number of nitrogens with zero attached hydrogens (tertiary/aromatic N) is 2. The molecular weight excluding hydrogens is 282 g/mol. The van der Waals surface area contributed by atoms with Crippen LogP contribution in [0.5, 0.6) is 5.75 Å². The van der Waals surface area contributed by atoms with E-state index in [1.807, 2.05) is 17.0 Å². The molecule has 0 unspecified atom stereocenters. The van der Waals surface area contributed by atoms with Crippen molar-refractivity contribution in [3.05, 3.63) is 29.8 Å². The fourth-order valence-electron chi connectivity index (χ4n) is 2.52. The number of likely N-dealkylation sites (tertiary alicyclic amines) is 1. The second kappa shape index (κ2) is 7.15. The normalized spacial score (nSPS) is 15.3. The highest BCUT2D eigenvalue weighted by Gasteiger charge is 2.26. The number of urea groups is 1. The Balaban J connectivity index is 1.94. The van der Waals surface area contributed by atoms with Gasteiger partial charge < -0.3 is 19.9 Å². The maximum absolute atomic E-state index is 12.6. The molecule has 0 spiro atoms. The molecule has 6 nitrogen and oxygen atoms in total. The predicted octanol–water partition coefficient (Wildman–Crippen LogP) is 1.57. The minimum Gasteiger partial charge on any atom is -0.496 e. The minimum absolute atomic E-state index is 0.0187. The Morgan fingerprint density at radius 3 is 2.45 bits per heavy atom. The first kappa shape index (κ1) is 16.1. The summed E-state index contributed by atoms with van der Waals surface area (Å²) in [5.41, 5.74) is 0.584. The first-order chi connectivity index (χ1) is 10.5. The zero-order valence-corrected chi connectivity index (χ0v) is 13.3. The van der Waals surface area contributed by atoms with Crippen LogP contribution in [0.25, 0.3) is 0 Å². The number of carbonyl (C=O) groups excluding carboxylic acids is 2. The molecule has 1 fully saturated rings. The molecule has 1 saturated heterocycles. The molecule has 0 atom stereocenters. The zero-order chi connectivity index (χ0) is 16.1. The summed E-state index contributed by atoms with van der Waals surface area (Å²) in [7, 11) is 5.00. The van der Waals surface area contributed by atoms with Gasteiger partial charge in [-0.05, 0) is 25.0 Å². The first-order valence-electron chi connectivity index (χ1n) is 7.43. The number of rotatable bonds is 3. The Kier molecular flexibility index (Phi) is 5.25. The molecule has 0 aromatic heterocycles. The van der Waals surface area contributed by atoms with Gasteiger partial charge >= 0.3 is 6.03 Å². The van der Waals surface area contributed by atoms with E-state index >= 15 is 0 Å². The van der Waals surface area contributed by atoms with Crippen molar-refractivity contribution >= 4 is 11.9 Å². The smallest absolute Gasteiger partial charge is 0.317 e. The van der Waals surface area contributed by atoms with Gasteiger partial charge in [-0.25, -0.2) is 4.79 Å². The summed E-state index contributed by atoms with van der Waals surface area (Å²) >= 11 is 0. The maximum Gasteiger partial charge on any atom is 0.317 e. The van der Waals surface area contributed by atoms with E-state index in [9.17, 15) is 9.59 Å². The average Bonchev–Trinajstić information content (AvgIpc) is 2.54. The van der Waals surface area contributed by atoms with Gasteiger partial charge in [0.1, 0.15) is 5.75 Å². The van der Waals surface area contributed by atoms with E-state index in [1.54, 1.807) is 33.3 Å². The van der Waals surface area contributed by atoms with Crippen LogP contribution in [0.15, 0.2) is 24.3 Å². The monoisotopic (exact) mass is 305 g/mol. The lowest BCUT2D eigenvalue weighted by Gasteiger charge is -2.33. The molecule has 0 aliphatic carbocycles. The van der Waals surface area contributed by atoms with Gasteiger partial charge in [0.15, 0.2) is 0 Å². The molecule has 0 bridgehead atoms. The second-order valence-electron chi connectivity index (χ2n) is 5.61. The zero-order valence-electron chi connectivity index (χ0n) is 13.3. The molecule has 1 N–H and O–H groups in total. The van der Waals surface area contributed by atoms with Gasteiger partial charge in [0, 0.05) is 33.2 Å². The summed E-state index contributed by atoms with van der Waals surface area (Å²) in [5.74, 6) is 0.574. The van der Waals surface area contributed by atoms with Crippen LogP contribution < -0.4 is 10.1 Å². The summed E-state index contributed by atoms with van der Waals surface area (Å²) in [6.07, 6.45) is 1.53. The van der Waals surface area contributed by atoms with E-state index in [4.69, 9.17) is 4.74 Å². The van der Waals surface area contributed by atoms with Crippen molar-refractivity contribution in [2.75, 3.05) is 34.3 Å². The van der Waals surface area contributed by atoms with Crippen molar-refractivity contribution in [1.82, 2.24) is 15.1 Å². The highest BCUT2D eigenvalue weighted by Crippen LogP contribution is 2.21. The summed E-state index contributed by atoms with van der Waals surface area (Å²) < 4.78 is 5.25. The quantitative estimate of drug-likeness (QED) is 0.922. The molecule has 120 valence electrons. The van der Waals surface area contributed by atoms with Crippen molar-refractivity contribution in [3.63, 3.8) is 0 Å². The molecule has 22 heavy (non-hydrogen) atoms. The molecule has 0 saturated carbocycles. The Labute approximate surface area is 131 Å². The highest BCUT2D eigenvalue weighted by molar-refractivity contribution is 5.97. The van der Waals surface area contributed by atoms with E-state index in [0.29, 0.717) is 24.4 Å². The summed E-state index contributed by atoms with van der Waals surface area (Å²) in [6, 6.07) is 7.28. The van der Waals surface area contributed by atoms with Crippen molar-refractivity contribution in [2.24, 2.45) is 0 Å². The number of benzene rings is 1. The second-order valence-corrected chi connectivity index (χ2v) is 5.61. The molecule has 1 aromatic carbocycles. The number of hydrogen-bond acceptors (Lipinski definition) is 3. The van der Waals surface area contributed by atoms with Crippen LogP contribution in [0.1, 0.15) is 23.2 Å². The molecule has 1 aliphatic heterocycles. The Morgan fingerprint density at radius 2 is 1.86 bits per heavy atom. The summed E-state index contributed by atoms with van der Waals surface area (Å²) in [4.78, 5) is 27.6. The SMILES string of the molecule is COc1ccccc1C(=O)N1CCC(NC(=O)N(C)C)CC1. The Bertz CT molecular complexity index is 537. The van der Waals surface area contributed by atoms with Crippen LogP contribution >= 0.6 is 0 Å². The maximum atomic E-state index is 12.6. The molecule has 0 radical (unpaired) electrons. The average molecular weight is 305 g/mol. The number of carbonyl (C=O) groups is 2.